The number of anilines is 1. The van der Waals surface area contributed by atoms with Crippen LogP contribution in [0.5, 0.6) is 0 Å². The molecule has 0 aliphatic carbocycles. The average molecular weight is 360 g/mol. The number of benzene rings is 2. The Kier molecular flexibility index (Phi) is 5.50. The summed E-state index contributed by atoms with van der Waals surface area (Å²) in [5, 5.41) is 2.82. The highest BCUT2D eigenvalue weighted by atomic mass is 79.9. The first kappa shape index (κ1) is 16.4. The second-order valence-electron chi connectivity index (χ2n) is 5.32. The predicted molar refractivity (Wildman–Crippen MR) is 92.3 cm³/mol. The van der Waals surface area contributed by atoms with Crippen molar-refractivity contribution >= 4 is 33.3 Å². The van der Waals surface area contributed by atoms with Crippen LogP contribution >= 0.6 is 15.9 Å². The summed E-state index contributed by atoms with van der Waals surface area (Å²) < 4.78 is 0.839. The van der Waals surface area contributed by atoms with Crippen molar-refractivity contribution < 1.29 is 9.59 Å². The predicted octanol–water partition coefficient (Wildman–Crippen LogP) is 4.67. The molecule has 0 aromatic heterocycles. The Morgan fingerprint density at radius 1 is 0.955 bits per heavy atom. The van der Waals surface area contributed by atoms with Gasteiger partial charge in [0, 0.05) is 22.9 Å². The molecule has 0 saturated heterocycles. The van der Waals surface area contributed by atoms with Crippen LogP contribution in [0.3, 0.4) is 0 Å². The summed E-state index contributed by atoms with van der Waals surface area (Å²) in [7, 11) is 0. The zero-order chi connectivity index (χ0) is 16.1. The molecule has 4 heteroatoms. The van der Waals surface area contributed by atoms with E-state index in [4.69, 9.17) is 0 Å². The average Bonchev–Trinajstić information content (AvgIpc) is 2.48. The molecule has 0 fully saturated rings. The minimum absolute atomic E-state index is 0.0156. The van der Waals surface area contributed by atoms with Crippen LogP contribution in [-0.4, -0.2) is 11.7 Å². The van der Waals surface area contributed by atoms with Crippen molar-refractivity contribution in [1.29, 1.82) is 0 Å². The number of amides is 1. The number of halogens is 1. The molecule has 0 aliphatic rings. The summed E-state index contributed by atoms with van der Waals surface area (Å²) in [6.07, 6.45) is 0.380. The molecule has 0 aliphatic heterocycles. The van der Waals surface area contributed by atoms with Gasteiger partial charge in [-0.2, -0.15) is 0 Å². The Morgan fingerprint density at radius 3 is 2.23 bits per heavy atom. The van der Waals surface area contributed by atoms with Gasteiger partial charge in [-0.15, -0.1) is 0 Å². The lowest BCUT2D eigenvalue weighted by Crippen LogP contribution is -2.14. The second-order valence-corrected chi connectivity index (χ2v) is 6.18. The van der Waals surface area contributed by atoms with Gasteiger partial charge in [-0.05, 0) is 47.5 Å². The lowest BCUT2D eigenvalue weighted by Gasteiger charge is -2.08. The first-order valence-corrected chi connectivity index (χ1v) is 7.91. The molecule has 22 heavy (non-hydrogen) atoms. The molecule has 0 saturated carbocycles. The van der Waals surface area contributed by atoms with Crippen LogP contribution in [0.4, 0.5) is 5.69 Å². The van der Waals surface area contributed by atoms with Crippen molar-refractivity contribution in [1.82, 2.24) is 0 Å². The molecule has 2 rings (SSSR count). The quantitative estimate of drug-likeness (QED) is 0.788. The lowest BCUT2D eigenvalue weighted by atomic mass is 10.0. The number of nitrogens with one attached hydrogen (secondary N) is 1. The molecule has 3 nitrogen and oxygen atoms in total. The topological polar surface area (TPSA) is 46.2 Å². The number of aryl methyl sites for hydroxylation is 2. The molecular weight excluding hydrogens is 342 g/mol. The number of rotatable bonds is 5. The molecule has 0 atom stereocenters. The number of carbonyl (C=O) groups excluding carboxylic acids is 2. The molecule has 0 spiro atoms. The van der Waals surface area contributed by atoms with E-state index in [9.17, 15) is 9.59 Å². The molecule has 114 valence electrons. The molecular formula is C18H18BrNO2. The zero-order valence-electron chi connectivity index (χ0n) is 12.7. The van der Waals surface area contributed by atoms with Crippen LogP contribution in [0.25, 0.3) is 0 Å². The van der Waals surface area contributed by atoms with E-state index in [1.165, 1.54) is 0 Å². The van der Waals surface area contributed by atoms with Gasteiger partial charge in [0.15, 0.2) is 5.78 Å². The third-order valence-electron chi connectivity index (χ3n) is 3.35. The van der Waals surface area contributed by atoms with Gasteiger partial charge in [-0.1, -0.05) is 35.9 Å². The van der Waals surface area contributed by atoms with Crippen LogP contribution in [0.2, 0.25) is 0 Å². The number of Topliss-reactive ketones (excluding diaryl/α,β-unsaturated/α-hetero) is 1. The lowest BCUT2D eigenvalue weighted by molar-refractivity contribution is -0.116. The molecule has 1 amide bonds. The van der Waals surface area contributed by atoms with Crippen molar-refractivity contribution in [3.05, 3.63) is 63.6 Å². The van der Waals surface area contributed by atoms with E-state index in [-0.39, 0.29) is 24.5 Å². The number of hydrogen-bond acceptors (Lipinski definition) is 2. The van der Waals surface area contributed by atoms with E-state index in [1.54, 1.807) is 12.1 Å². The van der Waals surface area contributed by atoms with Crippen LogP contribution < -0.4 is 5.32 Å². The Bertz CT molecular complexity index is 693. The van der Waals surface area contributed by atoms with E-state index in [0.29, 0.717) is 5.56 Å². The van der Waals surface area contributed by atoms with E-state index >= 15 is 0 Å². The maximum Gasteiger partial charge on any atom is 0.224 e. The largest absolute Gasteiger partial charge is 0.325 e. The molecule has 2 aromatic rings. The zero-order valence-corrected chi connectivity index (χ0v) is 14.2. The summed E-state index contributed by atoms with van der Waals surface area (Å²) in [5.74, 6) is -0.178. The monoisotopic (exact) mass is 359 g/mol. The minimum Gasteiger partial charge on any atom is -0.325 e. The Hall–Kier alpha value is -1.94. The standard InChI is InChI=1S/C18H18BrNO2/c1-12-3-6-14(7-4-12)17(21)9-10-18(22)20-16-8-5-13(2)11-15(16)19/h3-8,11H,9-10H2,1-2H3,(H,20,22). The fraction of sp³-hybridized carbons (Fsp3) is 0.222. The summed E-state index contributed by atoms with van der Waals surface area (Å²) in [6, 6.07) is 13.1. The van der Waals surface area contributed by atoms with Crippen LogP contribution in [0.1, 0.15) is 34.3 Å². The smallest absolute Gasteiger partial charge is 0.224 e. The third-order valence-corrected chi connectivity index (χ3v) is 4.01. The van der Waals surface area contributed by atoms with Gasteiger partial charge >= 0.3 is 0 Å². The fourth-order valence-corrected chi connectivity index (χ4v) is 2.64. The third kappa shape index (κ3) is 4.53. The molecule has 0 radical (unpaired) electrons. The highest BCUT2D eigenvalue weighted by Gasteiger charge is 2.10. The Balaban J connectivity index is 1.89. The maximum atomic E-state index is 12.0. The van der Waals surface area contributed by atoms with Crippen molar-refractivity contribution in [3.8, 4) is 0 Å². The van der Waals surface area contributed by atoms with Gasteiger partial charge in [0.2, 0.25) is 5.91 Å². The SMILES string of the molecule is Cc1ccc(C(=O)CCC(=O)Nc2ccc(C)cc2Br)cc1. The van der Waals surface area contributed by atoms with Gasteiger partial charge in [0.25, 0.3) is 0 Å². The van der Waals surface area contributed by atoms with Gasteiger partial charge in [0.05, 0.1) is 5.69 Å². The summed E-state index contributed by atoms with van der Waals surface area (Å²) in [4.78, 5) is 24.0. The number of carbonyl (C=O) groups is 2. The summed E-state index contributed by atoms with van der Waals surface area (Å²) in [6.45, 7) is 3.96. The number of ketones is 1. The van der Waals surface area contributed by atoms with Crippen molar-refractivity contribution in [3.63, 3.8) is 0 Å². The van der Waals surface area contributed by atoms with Gasteiger partial charge in [0.1, 0.15) is 0 Å². The minimum atomic E-state index is -0.162. The van der Waals surface area contributed by atoms with Gasteiger partial charge < -0.3 is 5.32 Å². The van der Waals surface area contributed by atoms with E-state index in [1.807, 2.05) is 44.2 Å². The Morgan fingerprint density at radius 2 is 1.59 bits per heavy atom. The molecule has 1 N–H and O–H groups in total. The van der Waals surface area contributed by atoms with E-state index in [0.717, 1.165) is 21.3 Å². The number of hydrogen-bond donors (Lipinski definition) is 1. The normalized spacial score (nSPS) is 10.3. The first-order valence-electron chi connectivity index (χ1n) is 7.11. The highest BCUT2D eigenvalue weighted by Crippen LogP contribution is 2.23. The van der Waals surface area contributed by atoms with Gasteiger partial charge in [-0.25, -0.2) is 0 Å². The highest BCUT2D eigenvalue weighted by molar-refractivity contribution is 9.10. The maximum absolute atomic E-state index is 12.0. The van der Waals surface area contributed by atoms with Crippen LogP contribution in [0, 0.1) is 13.8 Å². The fourth-order valence-electron chi connectivity index (χ4n) is 2.05. The van der Waals surface area contributed by atoms with Crippen LogP contribution in [0.15, 0.2) is 46.9 Å². The van der Waals surface area contributed by atoms with Crippen molar-refractivity contribution in [2.75, 3.05) is 5.32 Å². The van der Waals surface area contributed by atoms with E-state index < -0.39 is 0 Å². The molecule has 0 heterocycles. The molecule has 0 bridgehead atoms. The first-order chi connectivity index (χ1) is 10.5. The summed E-state index contributed by atoms with van der Waals surface area (Å²) >= 11 is 3.42. The second kappa shape index (κ2) is 7.36. The Labute approximate surface area is 138 Å². The molecule has 0 unspecified atom stereocenters. The summed E-state index contributed by atoms with van der Waals surface area (Å²) in [5.41, 5.74) is 3.59. The van der Waals surface area contributed by atoms with Crippen molar-refractivity contribution in [2.24, 2.45) is 0 Å². The van der Waals surface area contributed by atoms with E-state index in [2.05, 4.69) is 21.2 Å². The van der Waals surface area contributed by atoms with Crippen LogP contribution in [-0.2, 0) is 4.79 Å². The van der Waals surface area contributed by atoms with Crippen molar-refractivity contribution in [2.45, 2.75) is 26.7 Å². The molecule has 2 aromatic carbocycles. The van der Waals surface area contributed by atoms with Gasteiger partial charge in [-0.3, -0.25) is 9.59 Å².